The van der Waals surface area contributed by atoms with E-state index >= 15 is 0 Å². The van der Waals surface area contributed by atoms with Gasteiger partial charge < -0.3 is 28.8 Å². The fourth-order valence-corrected chi connectivity index (χ4v) is 4.93. The van der Waals surface area contributed by atoms with E-state index in [1.807, 2.05) is 12.4 Å². The van der Waals surface area contributed by atoms with Gasteiger partial charge in [-0.3, -0.25) is 0 Å². The molecular formula is C23H26N4O4. The summed E-state index contributed by atoms with van der Waals surface area (Å²) in [5.41, 5.74) is 3.16. The van der Waals surface area contributed by atoms with Crippen molar-refractivity contribution in [2.75, 3.05) is 44.4 Å². The number of aryl methyl sites for hydroxylation is 1. The van der Waals surface area contributed by atoms with Crippen LogP contribution in [0.5, 0.6) is 0 Å². The maximum atomic E-state index is 10.2. The highest BCUT2D eigenvalue weighted by Gasteiger charge is 2.48. The van der Waals surface area contributed by atoms with Gasteiger partial charge in [0.1, 0.15) is 30.0 Å². The van der Waals surface area contributed by atoms with Crippen LogP contribution in [-0.2, 0) is 14.2 Å². The predicted molar refractivity (Wildman–Crippen MR) is 115 cm³/mol. The lowest BCUT2D eigenvalue weighted by atomic mass is 10.1. The largest absolute Gasteiger partial charge is 0.388 e. The van der Waals surface area contributed by atoms with Crippen molar-refractivity contribution in [1.82, 2.24) is 14.5 Å². The number of fused-ring (bicyclic) bond motifs is 2. The Bertz CT molecular complexity index is 1110. The van der Waals surface area contributed by atoms with Gasteiger partial charge in [0.05, 0.1) is 43.5 Å². The van der Waals surface area contributed by atoms with Crippen molar-refractivity contribution in [3.05, 3.63) is 42.2 Å². The van der Waals surface area contributed by atoms with Crippen molar-refractivity contribution in [3.8, 4) is 11.4 Å². The molecule has 3 aliphatic heterocycles. The number of nitrogens with zero attached hydrogens (tertiary/aromatic N) is 4. The highest BCUT2D eigenvalue weighted by Crippen LogP contribution is 2.39. The summed E-state index contributed by atoms with van der Waals surface area (Å²) in [5.74, 6) is 1.77. The molecule has 0 unspecified atom stereocenters. The van der Waals surface area contributed by atoms with Gasteiger partial charge in [0.25, 0.3) is 0 Å². The molecule has 0 bridgehead atoms. The van der Waals surface area contributed by atoms with Crippen LogP contribution in [0.1, 0.15) is 11.6 Å². The van der Waals surface area contributed by atoms with Crippen LogP contribution in [-0.4, -0.2) is 77.5 Å². The normalized spacial score (nSPS) is 28.4. The second-order valence-electron chi connectivity index (χ2n) is 8.54. The summed E-state index contributed by atoms with van der Waals surface area (Å²) in [7, 11) is 0. The van der Waals surface area contributed by atoms with E-state index < -0.39 is 6.10 Å². The topological polar surface area (TPSA) is 81.9 Å². The first-order valence-electron chi connectivity index (χ1n) is 10.9. The quantitative estimate of drug-likeness (QED) is 0.691. The summed E-state index contributed by atoms with van der Waals surface area (Å²) in [5, 5.41) is 11.2. The van der Waals surface area contributed by atoms with E-state index in [2.05, 4.69) is 40.7 Å². The van der Waals surface area contributed by atoms with Crippen LogP contribution in [0, 0.1) is 6.92 Å². The molecule has 5 heterocycles. The number of benzene rings is 1. The average Bonchev–Trinajstić information content (AvgIpc) is 3.51. The molecular weight excluding hydrogens is 396 g/mol. The minimum atomic E-state index is -0.573. The van der Waals surface area contributed by atoms with Crippen LogP contribution < -0.4 is 4.90 Å². The molecule has 31 heavy (non-hydrogen) atoms. The Morgan fingerprint density at radius 3 is 2.77 bits per heavy atom. The number of morpholine rings is 1. The van der Waals surface area contributed by atoms with Crippen molar-refractivity contribution in [1.29, 1.82) is 0 Å². The first-order chi connectivity index (χ1) is 15.2. The molecule has 3 saturated heterocycles. The minimum Gasteiger partial charge on any atom is -0.388 e. The van der Waals surface area contributed by atoms with Crippen LogP contribution >= 0.6 is 0 Å². The van der Waals surface area contributed by atoms with Gasteiger partial charge in [-0.2, -0.15) is 0 Å². The molecule has 6 rings (SSSR count). The van der Waals surface area contributed by atoms with E-state index in [-0.39, 0.29) is 18.2 Å². The molecule has 1 aromatic carbocycles. The number of imidazole rings is 1. The summed E-state index contributed by atoms with van der Waals surface area (Å²) in [4.78, 5) is 12.1. The van der Waals surface area contributed by atoms with Gasteiger partial charge in [0.15, 0.2) is 0 Å². The fourth-order valence-electron chi connectivity index (χ4n) is 4.93. The first kappa shape index (κ1) is 19.2. The predicted octanol–water partition coefficient (Wildman–Crippen LogP) is 1.94. The van der Waals surface area contributed by atoms with Crippen LogP contribution in [0.3, 0.4) is 0 Å². The number of aliphatic hydroxyl groups is 1. The Labute approximate surface area is 180 Å². The second kappa shape index (κ2) is 7.56. The van der Waals surface area contributed by atoms with Gasteiger partial charge in [-0.25, -0.2) is 9.97 Å². The van der Waals surface area contributed by atoms with Crippen LogP contribution in [0.25, 0.3) is 22.3 Å². The molecule has 0 radical (unpaired) electrons. The van der Waals surface area contributed by atoms with E-state index in [0.717, 1.165) is 41.2 Å². The zero-order chi connectivity index (χ0) is 20.9. The standard InChI is InChI=1S/C23H26N4O4/c1-14-2-3-15-11-16(23(25-17(15)10-14)26-6-8-29-9-7-26)22-24-4-5-27(22)18-12-30-21-19(28)13-31-20(18)21/h2-5,10-11,18-21,28H,6-9,12-13H2,1H3/t18-,19+,20+,21+/m0/s1. The monoisotopic (exact) mass is 422 g/mol. The minimum absolute atomic E-state index is 0.0362. The van der Waals surface area contributed by atoms with Gasteiger partial charge in [-0.15, -0.1) is 0 Å². The lowest BCUT2D eigenvalue weighted by Crippen LogP contribution is -2.37. The van der Waals surface area contributed by atoms with Crippen molar-refractivity contribution in [2.24, 2.45) is 0 Å². The Morgan fingerprint density at radius 2 is 1.90 bits per heavy atom. The van der Waals surface area contributed by atoms with E-state index in [9.17, 15) is 5.11 Å². The highest BCUT2D eigenvalue weighted by atomic mass is 16.6. The van der Waals surface area contributed by atoms with E-state index in [0.29, 0.717) is 26.4 Å². The second-order valence-corrected chi connectivity index (χ2v) is 8.54. The molecule has 0 spiro atoms. The summed E-state index contributed by atoms with van der Waals surface area (Å²) in [6.07, 6.45) is 2.76. The third-order valence-electron chi connectivity index (χ3n) is 6.53. The van der Waals surface area contributed by atoms with Crippen LogP contribution in [0.2, 0.25) is 0 Å². The third-order valence-corrected chi connectivity index (χ3v) is 6.53. The van der Waals surface area contributed by atoms with Gasteiger partial charge in [-0.05, 0) is 24.6 Å². The highest BCUT2D eigenvalue weighted by molar-refractivity contribution is 5.88. The van der Waals surface area contributed by atoms with E-state index in [4.69, 9.17) is 24.2 Å². The van der Waals surface area contributed by atoms with Crippen molar-refractivity contribution >= 4 is 16.7 Å². The first-order valence-corrected chi connectivity index (χ1v) is 10.9. The summed E-state index contributed by atoms with van der Waals surface area (Å²) < 4.78 is 19.5. The van der Waals surface area contributed by atoms with Crippen LogP contribution in [0.15, 0.2) is 36.7 Å². The number of aliphatic hydroxyl groups excluding tert-OH is 1. The molecule has 8 nitrogen and oxygen atoms in total. The van der Waals surface area contributed by atoms with Crippen molar-refractivity contribution in [3.63, 3.8) is 0 Å². The Hall–Kier alpha value is -2.52. The maximum Gasteiger partial charge on any atom is 0.144 e. The number of pyridine rings is 1. The van der Waals surface area contributed by atoms with Gasteiger partial charge in [0.2, 0.25) is 0 Å². The number of aromatic nitrogens is 3. The number of anilines is 1. The fraction of sp³-hybridized carbons (Fsp3) is 0.478. The summed E-state index contributed by atoms with van der Waals surface area (Å²) in [6, 6.07) is 8.49. The molecule has 3 aliphatic rings. The molecule has 2 aromatic heterocycles. The SMILES string of the molecule is Cc1ccc2cc(-c3nccn3[C@H]3CO[C@H]4[C@@H]3OC[C@H]4O)c(N3CCOCC3)nc2c1. The molecule has 0 saturated carbocycles. The smallest absolute Gasteiger partial charge is 0.144 e. The Kier molecular flexibility index (Phi) is 4.68. The molecule has 3 aromatic rings. The molecule has 3 fully saturated rings. The summed E-state index contributed by atoms with van der Waals surface area (Å²) in [6.45, 7) is 5.85. The Balaban J connectivity index is 1.47. The molecule has 1 N–H and O–H groups in total. The van der Waals surface area contributed by atoms with Gasteiger partial charge in [0, 0.05) is 30.9 Å². The van der Waals surface area contributed by atoms with Gasteiger partial charge >= 0.3 is 0 Å². The number of ether oxygens (including phenoxy) is 3. The average molecular weight is 422 g/mol. The van der Waals surface area contributed by atoms with Crippen molar-refractivity contribution in [2.45, 2.75) is 31.3 Å². The van der Waals surface area contributed by atoms with E-state index in [1.54, 1.807) is 0 Å². The Morgan fingerprint density at radius 1 is 1.06 bits per heavy atom. The molecule has 162 valence electrons. The summed E-state index contributed by atoms with van der Waals surface area (Å²) >= 11 is 0. The maximum absolute atomic E-state index is 10.2. The molecule has 8 heteroatoms. The lowest BCUT2D eigenvalue weighted by molar-refractivity contribution is 0.0172. The number of rotatable bonds is 3. The van der Waals surface area contributed by atoms with E-state index in [1.165, 1.54) is 5.56 Å². The number of hydrogen-bond acceptors (Lipinski definition) is 7. The van der Waals surface area contributed by atoms with Gasteiger partial charge in [-0.1, -0.05) is 12.1 Å². The van der Waals surface area contributed by atoms with Crippen molar-refractivity contribution < 1.29 is 19.3 Å². The molecule has 0 amide bonds. The zero-order valence-corrected chi connectivity index (χ0v) is 17.5. The lowest BCUT2D eigenvalue weighted by Gasteiger charge is -2.30. The van der Waals surface area contributed by atoms with Crippen LogP contribution in [0.4, 0.5) is 5.82 Å². The number of hydrogen-bond donors (Lipinski definition) is 1. The third kappa shape index (κ3) is 3.22. The molecule has 4 atom stereocenters. The molecule has 0 aliphatic carbocycles. The zero-order valence-electron chi connectivity index (χ0n) is 17.5.